The van der Waals surface area contributed by atoms with E-state index >= 15 is 0 Å². The number of ether oxygens (including phenoxy) is 2. The Labute approximate surface area is 134 Å². The van der Waals surface area contributed by atoms with Crippen LogP contribution in [0.5, 0.6) is 11.5 Å². The first-order chi connectivity index (χ1) is 11.0. The zero-order valence-corrected chi connectivity index (χ0v) is 13.1. The molecule has 0 saturated carbocycles. The van der Waals surface area contributed by atoms with Crippen LogP contribution in [-0.4, -0.2) is 27.7 Å². The summed E-state index contributed by atoms with van der Waals surface area (Å²) in [4.78, 5) is 0.163. The Kier molecular flexibility index (Phi) is 4.61. The van der Waals surface area contributed by atoms with Crippen LogP contribution in [0.4, 0.5) is 4.39 Å². The van der Waals surface area contributed by atoms with E-state index in [1.165, 1.54) is 36.4 Å². The van der Waals surface area contributed by atoms with Gasteiger partial charge in [0.25, 0.3) is 0 Å². The Bertz CT molecular complexity index is 754. The van der Waals surface area contributed by atoms with Gasteiger partial charge in [-0.25, -0.2) is 17.5 Å². The molecule has 23 heavy (non-hydrogen) atoms. The SMILES string of the molecule is O=S(=O)(N[C@@H]1CCOC1)c1ccc(Oc2ccc(F)cc2)cc1. The van der Waals surface area contributed by atoms with Crippen molar-refractivity contribution in [2.75, 3.05) is 13.2 Å². The van der Waals surface area contributed by atoms with Gasteiger partial charge in [0.05, 0.1) is 11.5 Å². The summed E-state index contributed by atoms with van der Waals surface area (Å²) in [5.41, 5.74) is 0. The van der Waals surface area contributed by atoms with E-state index in [-0.39, 0.29) is 16.8 Å². The first kappa shape index (κ1) is 15.9. The highest BCUT2D eigenvalue weighted by Crippen LogP contribution is 2.23. The molecule has 1 saturated heterocycles. The average molecular weight is 337 g/mol. The van der Waals surface area contributed by atoms with Gasteiger partial charge in [-0.2, -0.15) is 0 Å². The molecule has 0 amide bonds. The van der Waals surface area contributed by atoms with Gasteiger partial charge in [-0.3, -0.25) is 0 Å². The van der Waals surface area contributed by atoms with E-state index in [1.807, 2.05) is 0 Å². The Hall–Kier alpha value is -1.96. The van der Waals surface area contributed by atoms with E-state index in [0.717, 1.165) is 0 Å². The smallest absolute Gasteiger partial charge is 0.240 e. The maximum Gasteiger partial charge on any atom is 0.240 e. The molecule has 0 aliphatic carbocycles. The number of hydrogen-bond acceptors (Lipinski definition) is 4. The van der Waals surface area contributed by atoms with Gasteiger partial charge in [-0.05, 0) is 55.0 Å². The van der Waals surface area contributed by atoms with Crippen LogP contribution < -0.4 is 9.46 Å². The molecule has 7 heteroatoms. The van der Waals surface area contributed by atoms with Crippen molar-refractivity contribution in [3.8, 4) is 11.5 Å². The molecule has 1 aliphatic rings. The summed E-state index contributed by atoms with van der Waals surface area (Å²) in [6.45, 7) is 0.961. The average Bonchev–Trinajstić information content (AvgIpc) is 3.02. The summed E-state index contributed by atoms with van der Waals surface area (Å²) in [5, 5.41) is 0. The predicted molar refractivity (Wildman–Crippen MR) is 82.5 cm³/mol. The fourth-order valence-corrected chi connectivity index (χ4v) is 3.50. The molecule has 5 nitrogen and oxygen atoms in total. The summed E-state index contributed by atoms with van der Waals surface area (Å²) in [7, 11) is -3.57. The van der Waals surface area contributed by atoms with Gasteiger partial charge in [0, 0.05) is 12.6 Å². The van der Waals surface area contributed by atoms with Gasteiger partial charge in [0.1, 0.15) is 17.3 Å². The van der Waals surface area contributed by atoms with Crippen molar-refractivity contribution in [1.29, 1.82) is 0 Å². The van der Waals surface area contributed by atoms with Gasteiger partial charge in [-0.1, -0.05) is 0 Å². The molecule has 122 valence electrons. The van der Waals surface area contributed by atoms with Crippen LogP contribution in [-0.2, 0) is 14.8 Å². The highest BCUT2D eigenvalue weighted by Gasteiger charge is 2.23. The largest absolute Gasteiger partial charge is 0.457 e. The first-order valence-corrected chi connectivity index (χ1v) is 8.65. The van der Waals surface area contributed by atoms with E-state index in [1.54, 1.807) is 12.1 Å². The summed E-state index contributed by atoms with van der Waals surface area (Å²) in [6.07, 6.45) is 0.672. The summed E-state index contributed by atoms with van der Waals surface area (Å²) >= 11 is 0. The maximum absolute atomic E-state index is 12.8. The number of hydrogen-bond donors (Lipinski definition) is 1. The van der Waals surface area contributed by atoms with Crippen LogP contribution in [0.1, 0.15) is 6.42 Å². The fraction of sp³-hybridized carbons (Fsp3) is 0.250. The third-order valence-electron chi connectivity index (χ3n) is 3.43. The molecule has 0 radical (unpaired) electrons. The zero-order chi connectivity index (χ0) is 16.3. The molecule has 0 bridgehead atoms. The van der Waals surface area contributed by atoms with Gasteiger partial charge in [-0.15, -0.1) is 0 Å². The molecule has 1 heterocycles. The Balaban J connectivity index is 1.69. The third kappa shape index (κ3) is 4.07. The Morgan fingerprint density at radius 1 is 1.04 bits per heavy atom. The lowest BCUT2D eigenvalue weighted by Crippen LogP contribution is -2.34. The van der Waals surface area contributed by atoms with Crippen LogP contribution in [0.15, 0.2) is 53.4 Å². The van der Waals surface area contributed by atoms with Gasteiger partial charge in [0.15, 0.2) is 0 Å². The highest BCUT2D eigenvalue weighted by molar-refractivity contribution is 7.89. The van der Waals surface area contributed by atoms with Crippen molar-refractivity contribution in [3.63, 3.8) is 0 Å². The lowest BCUT2D eigenvalue weighted by atomic mass is 10.3. The quantitative estimate of drug-likeness (QED) is 0.911. The molecule has 3 rings (SSSR count). The second kappa shape index (κ2) is 6.66. The van der Waals surface area contributed by atoms with E-state index in [2.05, 4.69) is 4.72 Å². The summed E-state index contributed by atoms with van der Waals surface area (Å²) < 4.78 is 50.6. The zero-order valence-electron chi connectivity index (χ0n) is 12.2. The molecular weight excluding hydrogens is 321 g/mol. The molecule has 1 fully saturated rings. The second-order valence-electron chi connectivity index (χ2n) is 5.21. The molecule has 1 N–H and O–H groups in total. The van der Waals surface area contributed by atoms with Crippen molar-refractivity contribution >= 4 is 10.0 Å². The normalized spacial score (nSPS) is 18.0. The number of nitrogens with one attached hydrogen (secondary N) is 1. The standard InChI is InChI=1S/C16H16FNO4S/c17-12-1-3-14(4-2-12)22-15-5-7-16(8-6-15)23(19,20)18-13-9-10-21-11-13/h1-8,13,18H,9-11H2/t13-/m1/s1. The van der Waals surface area contributed by atoms with E-state index in [9.17, 15) is 12.8 Å². The van der Waals surface area contributed by atoms with Gasteiger partial charge >= 0.3 is 0 Å². The Morgan fingerprint density at radius 2 is 1.65 bits per heavy atom. The number of halogens is 1. The molecule has 0 unspecified atom stereocenters. The number of rotatable bonds is 5. The van der Waals surface area contributed by atoms with Gasteiger partial charge < -0.3 is 9.47 Å². The lowest BCUT2D eigenvalue weighted by Gasteiger charge is -2.12. The van der Waals surface area contributed by atoms with Crippen molar-refractivity contribution in [2.45, 2.75) is 17.4 Å². The minimum absolute atomic E-state index is 0.163. The van der Waals surface area contributed by atoms with Crippen LogP contribution in [0.25, 0.3) is 0 Å². The van der Waals surface area contributed by atoms with Crippen LogP contribution in [0.3, 0.4) is 0 Å². The van der Waals surface area contributed by atoms with Crippen LogP contribution in [0, 0.1) is 5.82 Å². The molecular formula is C16H16FNO4S. The predicted octanol–water partition coefficient (Wildman–Crippen LogP) is 2.69. The molecule has 2 aromatic carbocycles. The number of sulfonamides is 1. The van der Waals surface area contributed by atoms with E-state index in [0.29, 0.717) is 31.1 Å². The Morgan fingerprint density at radius 3 is 2.22 bits per heavy atom. The molecule has 0 spiro atoms. The minimum Gasteiger partial charge on any atom is -0.457 e. The highest BCUT2D eigenvalue weighted by atomic mass is 32.2. The monoisotopic (exact) mass is 337 g/mol. The van der Waals surface area contributed by atoms with E-state index in [4.69, 9.17) is 9.47 Å². The minimum atomic E-state index is -3.57. The third-order valence-corrected chi connectivity index (χ3v) is 4.97. The van der Waals surface area contributed by atoms with Crippen LogP contribution >= 0.6 is 0 Å². The lowest BCUT2D eigenvalue weighted by molar-refractivity contribution is 0.192. The summed E-state index contributed by atoms with van der Waals surface area (Å²) in [6, 6.07) is 11.5. The second-order valence-corrected chi connectivity index (χ2v) is 6.92. The topological polar surface area (TPSA) is 64.6 Å². The molecule has 2 aromatic rings. The van der Waals surface area contributed by atoms with E-state index < -0.39 is 10.0 Å². The maximum atomic E-state index is 12.8. The number of benzene rings is 2. The van der Waals surface area contributed by atoms with Crippen LogP contribution in [0.2, 0.25) is 0 Å². The molecule has 1 aliphatic heterocycles. The summed E-state index contributed by atoms with van der Waals surface area (Å²) in [5.74, 6) is 0.601. The molecule has 1 atom stereocenters. The van der Waals surface area contributed by atoms with Crippen molar-refractivity contribution in [3.05, 3.63) is 54.3 Å². The van der Waals surface area contributed by atoms with Crippen molar-refractivity contribution in [2.24, 2.45) is 0 Å². The fourth-order valence-electron chi connectivity index (χ4n) is 2.24. The van der Waals surface area contributed by atoms with Crippen molar-refractivity contribution in [1.82, 2.24) is 4.72 Å². The first-order valence-electron chi connectivity index (χ1n) is 7.16. The van der Waals surface area contributed by atoms with Crippen molar-refractivity contribution < 1.29 is 22.3 Å². The molecule has 0 aromatic heterocycles. The van der Waals surface area contributed by atoms with Gasteiger partial charge in [0.2, 0.25) is 10.0 Å².